The van der Waals surface area contributed by atoms with Crippen LogP contribution in [0.3, 0.4) is 0 Å². The maximum absolute atomic E-state index is 2.46. The molecule has 0 aliphatic heterocycles. The summed E-state index contributed by atoms with van der Waals surface area (Å²) in [7, 11) is 0. The zero-order chi connectivity index (χ0) is 35.1. The van der Waals surface area contributed by atoms with Gasteiger partial charge in [0.25, 0.3) is 0 Å². The van der Waals surface area contributed by atoms with Crippen molar-refractivity contribution in [3.05, 3.63) is 167 Å². The molecule has 0 unspecified atom stereocenters. The van der Waals surface area contributed by atoms with Gasteiger partial charge in [0.1, 0.15) is 0 Å². The van der Waals surface area contributed by atoms with Crippen LogP contribution in [0.1, 0.15) is 38.8 Å². The summed E-state index contributed by atoms with van der Waals surface area (Å²) in [5.74, 6) is 0. The molecule has 0 fully saturated rings. The molecule has 0 spiro atoms. The molecule has 0 N–H and O–H groups in total. The van der Waals surface area contributed by atoms with Crippen molar-refractivity contribution < 1.29 is 0 Å². The second-order valence-corrected chi connectivity index (χ2v) is 15.8. The summed E-state index contributed by atoms with van der Waals surface area (Å²) in [6, 6.07) is 54.6. The molecule has 0 atom stereocenters. The van der Waals surface area contributed by atoms with Gasteiger partial charge in [-0.3, -0.25) is 0 Å². The Balaban J connectivity index is 1.14. The van der Waals surface area contributed by atoms with Crippen molar-refractivity contribution in [3.8, 4) is 44.5 Å². The highest BCUT2D eigenvalue weighted by atomic mass is 32.1. The molecule has 8 aromatic carbocycles. The van der Waals surface area contributed by atoms with Gasteiger partial charge >= 0.3 is 0 Å². The monoisotopic (exact) mass is 682 g/mol. The molecule has 0 nitrogen and oxygen atoms in total. The van der Waals surface area contributed by atoms with Crippen molar-refractivity contribution in [2.24, 2.45) is 0 Å². The lowest BCUT2D eigenvalue weighted by Gasteiger charge is -2.22. The van der Waals surface area contributed by atoms with E-state index in [1.54, 1.807) is 0 Å². The standard InChI is InChI=1S/C51H38S/c1-5-37-38(6-2)50(41-21-11-10-20-40(41)49(37)31-15-8-7-9-16-31)34-18-14-17-32(25-34)33-23-24-45-42(26-33)43-27-36-30-48-44(39-19-12-13-22-47(39)52-48)28-35(36)29-46(43)51(45,3)4/h5-30H,1-4H3/b37-5+,38-6+. The van der Waals surface area contributed by atoms with Gasteiger partial charge in [-0.2, -0.15) is 0 Å². The van der Waals surface area contributed by atoms with Gasteiger partial charge in [-0.15, -0.1) is 11.3 Å². The van der Waals surface area contributed by atoms with E-state index >= 15 is 0 Å². The van der Waals surface area contributed by atoms with Gasteiger partial charge in [-0.05, 0) is 144 Å². The summed E-state index contributed by atoms with van der Waals surface area (Å²) in [5, 5.41) is 10.5. The Hall–Kier alpha value is -5.76. The van der Waals surface area contributed by atoms with Crippen LogP contribution >= 0.6 is 11.3 Å². The molecule has 1 aliphatic rings. The number of hydrogen-bond acceptors (Lipinski definition) is 1. The van der Waals surface area contributed by atoms with Crippen LogP contribution in [0.25, 0.3) is 98.4 Å². The van der Waals surface area contributed by atoms with Crippen molar-refractivity contribution in [3.63, 3.8) is 0 Å². The Labute approximate surface area is 308 Å². The Bertz CT molecular complexity index is 3050. The third kappa shape index (κ3) is 4.52. The van der Waals surface area contributed by atoms with Crippen LogP contribution in [0.4, 0.5) is 0 Å². The maximum atomic E-state index is 2.46. The highest BCUT2D eigenvalue weighted by molar-refractivity contribution is 7.25. The van der Waals surface area contributed by atoms with E-state index in [2.05, 4.69) is 185 Å². The predicted octanol–water partition coefficient (Wildman–Crippen LogP) is 13.3. The van der Waals surface area contributed by atoms with Crippen molar-refractivity contribution in [1.29, 1.82) is 0 Å². The van der Waals surface area contributed by atoms with E-state index in [1.807, 2.05) is 11.3 Å². The highest BCUT2D eigenvalue weighted by Crippen LogP contribution is 2.51. The Morgan fingerprint density at radius 3 is 1.77 bits per heavy atom. The van der Waals surface area contributed by atoms with Gasteiger partial charge in [0.2, 0.25) is 0 Å². The summed E-state index contributed by atoms with van der Waals surface area (Å²) in [6.45, 7) is 9.12. The van der Waals surface area contributed by atoms with Gasteiger partial charge < -0.3 is 0 Å². The first-order chi connectivity index (χ1) is 25.4. The third-order valence-electron chi connectivity index (χ3n) is 11.5. The smallest absolute Gasteiger partial charge is 0.0361 e. The lowest BCUT2D eigenvalue weighted by molar-refractivity contribution is 0.661. The molecule has 10 rings (SSSR count). The van der Waals surface area contributed by atoms with Crippen LogP contribution in [0.15, 0.2) is 146 Å². The van der Waals surface area contributed by atoms with Crippen LogP contribution < -0.4 is 10.4 Å². The first-order valence-corrected chi connectivity index (χ1v) is 19.1. The van der Waals surface area contributed by atoms with Crippen molar-refractivity contribution >= 4 is 65.2 Å². The van der Waals surface area contributed by atoms with E-state index < -0.39 is 0 Å². The Morgan fingerprint density at radius 1 is 0.423 bits per heavy atom. The lowest BCUT2D eigenvalue weighted by Crippen LogP contribution is -2.29. The molecule has 1 aromatic heterocycles. The van der Waals surface area contributed by atoms with E-state index in [0.29, 0.717) is 0 Å². The number of benzene rings is 8. The number of hydrogen-bond donors (Lipinski definition) is 0. The molecule has 9 aromatic rings. The average Bonchev–Trinajstić information content (AvgIpc) is 3.65. The first kappa shape index (κ1) is 31.0. The molecule has 52 heavy (non-hydrogen) atoms. The molecular formula is C51H38S. The first-order valence-electron chi connectivity index (χ1n) is 18.3. The van der Waals surface area contributed by atoms with Gasteiger partial charge in [0.15, 0.2) is 0 Å². The summed E-state index contributed by atoms with van der Waals surface area (Å²) in [5.41, 5.74) is 13.0. The van der Waals surface area contributed by atoms with Crippen LogP contribution in [-0.2, 0) is 5.41 Å². The SMILES string of the molecule is C/C=c1/c(-c2ccccc2)c2ccccc2c(-c2cccc(-c3ccc4c(c3)-c3cc5cc6sc7ccccc7c6cc5cc3C4(C)C)c2)/c1=C/C. The van der Waals surface area contributed by atoms with Gasteiger partial charge in [0.05, 0.1) is 0 Å². The van der Waals surface area contributed by atoms with E-state index in [-0.39, 0.29) is 5.41 Å². The Kier molecular flexibility index (Phi) is 6.94. The van der Waals surface area contributed by atoms with E-state index in [1.165, 1.54) is 108 Å². The molecule has 0 radical (unpaired) electrons. The third-order valence-corrected chi connectivity index (χ3v) is 12.7. The average molecular weight is 683 g/mol. The quantitative estimate of drug-likeness (QED) is 0.174. The molecule has 1 heterocycles. The van der Waals surface area contributed by atoms with Gasteiger partial charge in [0, 0.05) is 25.6 Å². The molecule has 0 bridgehead atoms. The minimum atomic E-state index is -0.0801. The largest absolute Gasteiger partial charge is 0.135 e. The topological polar surface area (TPSA) is 0 Å². The molecular weight excluding hydrogens is 645 g/mol. The number of rotatable bonds is 3. The highest BCUT2D eigenvalue weighted by Gasteiger charge is 2.36. The normalized spacial score (nSPS) is 14.2. The molecule has 248 valence electrons. The lowest BCUT2D eigenvalue weighted by atomic mass is 9.81. The fraction of sp³-hybridized carbons (Fsp3) is 0.0980. The van der Waals surface area contributed by atoms with Crippen LogP contribution in [0.2, 0.25) is 0 Å². The summed E-state index contributed by atoms with van der Waals surface area (Å²) < 4.78 is 2.71. The summed E-state index contributed by atoms with van der Waals surface area (Å²) in [4.78, 5) is 0. The molecule has 1 aliphatic carbocycles. The molecule has 0 saturated heterocycles. The van der Waals surface area contributed by atoms with Crippen LogP contribution in [0, 0.1) is 0 Å². The van der Waals surface area contributed by atoms with E-state index in [4.69, 9.17) is 0 Å². The minimum absolute atomic E-state index is 0.0801. The zero-order valence-electron chi connectivity index (χ0n) is 29.9. The fourth-order valence-electron chi connectivity index (χ4n) is 9.06. The van der Waals surface area contributed by atoms with Gasteiger partial charge in [-0.25, -0.2) is 0 Å². The van der Waals surface area contributed by atoms with Crippen molar-refractivity contribution in [1.82, 2.24) is 0 Å². The maximum Gasteiger partial charge on any atom is 0.0361 e. The van der Waals surface area contributed by atoms with Crippen LogP contribution in [0.5, 0.6) is 0 Å². The fourth-order valence-corrected chi connectivity index (χ4v) is 10.2. The second kappa shape index (κ2) is 11.6. The molecule has 0 amide bonds. The summed E-state index contributed by atoms with van der Waals surface area (Å²) >= 11 is 1.90. The number of thiophene rings is 1. The number of fused-ring (bicyclic) bond motifs is 8. The van der Waals surface area contributed by atoms with E-state index in [9.17, 15) is 0 Å². The Morgan fingerprint density at radius 2 is 1.02 bits per heavy atom. The second-order valence-electron chi connectivity index (χ2n) is 14.7. The van der Waals surface area contributed by atoms with Crippen LogP contribution in [-0.4, -0.2) is 0 Å². The molecule has 0 saturated carbocycles. The summed E-state index contributed by atoms with van der Waals surface area (Å²) in [6.07, 6.45) is 4.58. The minimum Gasteiger partial charge on any atom is -0.135 e. The van der Waals surface area contributed by atoms with Crippen molar-refractivity contribution in [2.45, 2.75) is 33.1 Å². The van der Waals surface area contributed by atoms with Crippen molar-refractivity contribution in [2.75, 3.05) is 0 Å². The van der Waals surface area contributed by atoms with E-state index in [0.717, 1.165) is 0 Å². The van der Waals surface area contributed by atoms with Gasteiger partial charge in [-0.1, -0.05) is 129 Å². The zero-order valence-corrected chi connectivity index (χ0v) is 30.7. The predicted molar refractivity (Wildman–Crippen MR) is 228 cm³/mol. The molecule has 1 heteroatoms.